The Hall–Kier alpha value is -2.46. The summed E-state index contributed by atoms with van der Waals surface area (Å²) >= 11 is 0. The van der Waals surface area contributed by atoms with Gasteiger partial charge in [0.05, 0.1) is 19.6 Å². The van der Waals surface area contributed by atoms with Crippen LogP contribution in [0.15, 0.2) is 60.7 Å². The highest BCUT2D eigenvalue weighted by Crippen LogP contribution is 2.05. The first kappa shape index (κ1) is 19.9. The lowest BCUT2D eigenvalue weighted by atomic mass is 10.1. The summed E-state index contributed by atoms with van der Waals surface area (Å²) in [6, 6.07) is 20.2. The van der Waals surface area contributed by atoms with Gasteiger partial charge in [0.25, 0.3) is 0 Å². The molecule has 0 fully saturated rings. The summed E-state index contributed by atoms with van der Waals surface area (Å²) in [6.07, 6.45) is 3.22. The van der Waals surface area contributed by atoms with Gasteiger partial charge >= 0.3 is 0 Å². The Morgan fingerprint density at radius 2 is 1.46 bits per heavy atom. The Kier molecular flexibility index (Phi) is 9.15. The first-order valence-corrected chi connectivity index (χ1v) is 9.16. The number of amides is 1. The largest absolute Gasteiger partial charge is 0.381 e. The quantitative estimate of drug-likeness (QED) is 0.434. The van der Waals surface area contributed by atoms with Crippen molar-refractivity contribution in [1.82, 2.24) is 4.90 Å². The zero-order valence-corrected chi connectivity index (χ0v) is 15.2. The second-order valence-electron chi connectivity index (χ2n) is 6.17. The first-order valence-electron chi connectivity index (χ1n) is 9.16. The summed E-state index contributed by atoms with van der Waals surface area (Å²) in [5.74, 6) is 0.0440. The minimum atomic E-state index is 0.0440. The van der Waals surface area contributed by atoms with Crippen LogP contribution in [0.25, 0.3) is 0 Å². The van der Waals surface area contributed by atoms with Gasteiger partial charge in [-0.05, 0) is 24.0 Å². The molecule has 0 aliphatic heterocycles. The third kappa shape index (κ3) is 7.62. The number of nitrogens with zero attached hydrogens (tertiary/aromatic N) is 1. The van der Waals surface area contributed by atoms with Gasteiger partial charge in [-0.3, -0.25) is 4.79 Å². The van der Waals surface area contributed by atoms with Gasteiger partial charge in [-0.15, -0.1) is 0 Å². The van der Waals surface area contributed by atoms with Crippen LogP contribution in [0.4, 0.5) is 0 Å². The summed E-state index contributed by atoms with van der Waals surface area (Å²) in [5, 5.41) is 0. The van der Waals surface area contributed by atoms with Crippen LogP contribution < -0.4 is 0 Å². The summed E-state index contributed by atoms with van der Waals surface area (Å²) in [6.45, 7) is 2.12. The molecule has 2 rings (SSSR count). The van der Waals surface area contributed by atoms with E-state index in [2.05, 4.69) is 24.3 Å². The van der Waals surface area contributed by atoms with E-state index in [-0.39, 0.29) is 5.91 Å². The Morgan fingerprint density at radius 3 is 2.08 bits per heavy atom. The van der Waals surface area contributed by atoms with E-state index in [1.165, 1.54) is 11.1 Å². The molecule has 26 heavy (non-hydrogen) atoms. The molecule has 0 saturated carbocycles. The fraction of sp³-hybridized carbons (Fsp3) is 0.364. The van der Waals surface area contributed by atoms with E-state index < -0.39 is 0 Å². The third-order valence-electron chi connectivity index (χ3n) is 4.22. The van der Waals surface area contributed by atoms with Gasteiger partial charge in [0.15, 0.2) is 0 Å². The SMILES string of the molecule is O=CCCN(CCc1ccccc1)C(=O)CCOCCc1ccccc1. The Labute approximate surface area is 155 Å². The van der Waals surface area contributed by atoms with Crippen molar-refractivity contribution in [1.29, 1.82) is 0 Å². The highest BCUT2D eigenvalue weighted by atomic mass is 16.5. The van der Waals surface area contributed by atoms with Crippen molar-refractivity contribution in [3.8, 4) is 0 Å². The molecular weight excluding hydrogens is 326 g/mol. The number of carbonyl (C=O) groups is 2. The highest BCUT2D eigenvalue weighted by molar-refractivity contribution is 5.76. The molecule has 0 radical (unpaired) electrons. The van der Waals surface area contributed by atoms with Crippen LogP contribution in [0.2, 0.25) is 0 Å². The van der Waals surface area contributed by atoms with E-state index >= 15 is 0 Å². The molecule has 0 N–H and O–H groups in total. The van der Waals surface area contributed by atoms with E-state index in [1.54, 1.807) is 4.90 Å². The summed E-state index contributed by atoms with van der Waals surface area (Å²) in [7, 11) is 0. The summed E-state index contributed by atoms with van der Waals surface area (Å²) in [5.41, 5.74) is 2.42. The van der Waals surface area contributed by atoms with Gasteiger partial charge in [-0.2, -0.15) is 0 Å². The fourth-order valence-electron chi connectivity index (χ4n) is 2.73. The number of benzene rings is 2. The van der Waals surface area contributed by atoms with Crippen molar-refractivity contribution < 1.29 is 14.3 Å². The molecule has 4 nitrogen and oxygen atoms in total. The van der Waals surface area contributed by atoms with Gasteiger partial charge in [0.1, 0.15) is 6.29 Å². The smallest absolute Gasteiger partial charge is 0.224 e. The van der Waals surface area contributed by atoms with E-state index in [0.717, 1.165) is 19.1 Å². The fourth-order valence-corrected chi connectivity index (χ4v) is 2.73. The molecule has 138 valence electrons. The lowest BCUT2D eigenvalue weighted by Gasteiger charge is -2.22. The molecule has 4 heteroatoms. The second kappa shape index (κ2) is 12.0. The number of ether oxygens (including phenoxy) is 1. The van der Waals surface area contributed by atoms with E-state index in [0.29, 0.717) is 39.1 Å². The van der Waals surface area contributed by atoms with Gasteiger partial charge in [-0.25, -0.2) is 0 Å². The standard InChI is InChI=1S/C22H27NO3/c24-17-7-15-23(16-12-20-8-3-1-4-9-20)22(25)14-19-26-18-13-21-10-5-2-6-11-21/h1-6,8-11,17H,7,12-16,18-19H2. The molecule has 0 atom stereocenters. The third-order valence-corrected chi connectivity index (χ3v) is 4.22. The van der Waals surface area contributed by atoms with Crippen LogP contribution in [-0.2, 0) is 27.2 Å². The lowest BCUT2D eigenvalue weighted by Crippen LogP contribution is -2.34. The average molecular weight is 353 g/mol. The van der Waals surface area contributed by atoms with E-state index in [4.69, 9.17) is 4.74 Å². The van der Waals surface area contributed by atoms with Gasteiger partial charge < -0.3 is 14.4 Å². The normalized spacial score (nSPS) is 10.5. The zero-order chi connectivity index (χ0) is 18.5. The predicted octanol–water partition coefficient (Wildman–Crippen LogP) is 3.30. The Morgan fingerprint density at radius 1 is 0.846 bits per heavy atom. The summed E-state index contributed by atoms with van der Waals surface area (Å²) in [4.78, 5) is 24.9. The molecule has 0 saturated heterocycles. The van der Waals surface area contributed by atoms with Gasteiger partial charge in [0, 0.05) is 19.5 Å². The summed E-state index contributed by atoms with van der Waals surface area (Å²) < 4.78 is 5.61. The van der Waals surface area contributed by atoms with Crippen LogP contribution in [-0.4, -0.2) is 43.4 Å². The van der Waals surface area contributed by atoms with Crippen molar-refractivity contribution >= 4 is 12.2 Å². The second-order valence-corrected chi connectivity index (χ2v) is 6.17. The van der Waals surface area contributed by atoms with Crippen LogP contribution in [0.3, 0.4) is 0 Å². The van der Waals surface area contributed by atoms with Crippen LogP contribution in [0, 0.1) is 0 Å². The molecular formula is C22H27NO3. The molecule has 0 bridgehead atoms. The number of hydrogen-bond acceptors (Lipinski definition) is 3. The molecule has 2 aromatic rings. The molecule has 0 aromatic heterocycles. The van der Waals surface area contributed by atoms with Crippen molar-refractivity contribution in [2.45, 2.75) is 25.7 Å². The molecule has 0 aliphatic rings. The van der Waals surface area contributed by atoms with Gasteiger partial charge in [-0.1, -0.05) is 60.7 Å². The van der Waals surface area contributed by atoms with E-state index in [1.807, 2.05) is 36.4 Å². The maximum atomic E-state index is 12.4. The maximum Gasteiger partial charge on any atom is 0.224 e. The molecule has 0 heterocycles. The topological polar surface area (TPSA) is 46.6 Å². The Balaban J connectivity index is 1.70. The van der Waals surface area contributed by atoms with Crippen molar-refractivity contribution in [2.24, 2.45) is 0 Å². The van der Waals surface area contributed by atoms with Crippen LogP contribution in [0.1, 0.15) is 24.0 Å². The van der Waals surface area contributed by atoms with E-state index in [9.17, 15) is 9.59 Å². The predicted molar refractivity (Wildman–Crippen MR) is 103 cm³/mol. The number of hydrogen-bond donors (Lipinski definition) is 0. The molecule has 0 aliphatic carbocycles. The molecule has 1 amide bonds. The van der Waals surface area contributed by atoms with Crippen molar-refractivity contribution in [3.63, 3.8) is 0 Å². The highest BCUT2D eigenvalue weighted by Gasteiger charge is 2.13. The maximum absolute atomic E-state index is 12.4. The monoisotopic (exact) mass is 353 g/mol. The van der Waals surface area contributed by atoms with Gasteiger partial charge in [0.2, 0.25) is 5.91 Å². The van der Waals surface area contributed by atoms with Crippen molar-refractivity contribution in [3.05, 3.63) is 71.8 Å². The average Bonchev–Trinajstić information content (AvgIpc) is 2.69. The zero-order valence-electron chi connectivity index (χ0n) is 15.2. The minimum Gasteiger partial charge on any atom is -0.381 e. The molecule has 0 spiro atoms. The minimum absolute atomic E-state index is 0.0440. The number of rotatable bonds is 12. The number of carbonyl (C=O) groups excluding carboxylic acids is 2. The molecule has 0 unspecified atom stereocenters. The number of aldehydes is 1. The first-order chi connectivity index (χ1) is 12.8. The van der Waals surface area contributed by atoms with Crippen LogP contribution >= 0.6 is 0 Å². The van der Waals surface area contributed by atoms with Crippen LogP contribution in [0.5, 0.6) is 0 Å². The molecule has 2 aromatic carbocycles. The Bertz CT molecular complexity index is 643. The van der Waals surface area contributed by atoms with Crippen molar-refractivity contribution in [2.75, 3.05) is 26.3 Å². The lowest BCUT2D eigenvalue weighted by molar-refractivity contribution is -0.132.